The van der Waals surface area contributed by atoms with E-state index in [0.29, 0.717) is 5.78 Å². The summed E-state index contributed by atoms with van der Waals surface area (Å²) in [6, 6.07) is 1.85. The molecule has 1 amide bonds. The van der Waals surface area contributed by atoms with Gasteiger partial charge in [-0.2, -0.15) is 0 Å². The van der Waals surface area contributed by atoms with Crippen LogP contribution in [0.5, 0.6) is 0 Å². The maximum atomic E-state index is 12.4. The van der Waals surface area contributed by atoms with Gasteiger partial charge in [-0.25, -0.2) is 4.98 Å². The highest BCUT2D eigenvalue weighted by Gasteiger charge is 2.28. The molecular formula is C16H25N7O. The Labute approximate surface area is 141 Å². The number of nitrogens with one attached hydrogen (secondary N) is 1. The van der Waals surface area contributed by atoms with Gasteiger partial charge >= 0.3 is 0 Å². The van der Waals surface area contributed by atoms with Gasteiger partial charge in [0.15, 0.2) is 0 Å². The first-order valence-electron chi connectivity index (χ1n) is 8.31. The van der Waals surface area contributed by atoms with Crippen LogP contribution in [0, 0.1) is 0 Å². The third-order valence-corrected chi connectivity index (χ3v) is 4.25. The van der Waals surface area contributed by atoms with Crippen molar-refractivity contribution in [3.05, 3.63) is 18.6 Å². The number of anilines is 1. The lowest BCUT2D eigenvalue weighted by molar-refractivity contribution is -0.127. The van der Waals surface area contributed by atoms with Gasteiger partial charge in [-0.3, -0.25) is 14.1 Å². The molecule has 0 radical (unpaired) electrons. The number of piperazine rings is 1. The second-order valence-electron chi connectivity index (χ2n) is 7.24. The van der Waals surface area contributed by atoms with Gasteiger partial charge in [-0.15, -0.1) is 10.2 Å². The van der Waals surface area contributed by atoms with Crippen LogP contribution in [0.15, 0.2) is 18.6 Å². The molecule has 1 saturated heterocycles. The number of rotatable bonds is 3. The van der Waals surface area contributed by atoms with Gasteiger partial charge in [0.1, 0.15) is 12.1 Å². The zero-order valence-corrected chi connectivity index (χ0v) is 14.7. The van der Waals surface area contributed by atoms with E-state index in [-0.39, 0.29) is 17.5 Å². The lowest BCUT2D eigenvalue weighted by Crippen LogP contribution is -2.56. The molecule has 1 aliphatic heterocycles. The Morgan fingerprint density at radius 2 is 1.96 bits per heavy atom. The molecule has 0 spiro atoms. The van der Waals surface area contributed by atoms with Gasteiger partial charge < -0.3 is 10.2 Å². The minimum absolute atomic E-state index is 0.0843. The van der Waals surface area contributed by atoms with Crippen LogP contribution in [-0.2, 0) is 4.79 Å². The Hall–Kier alpha value is -2.22. The van der Waals surface area contributed by atoms with Crippen molar-refractivity contribution < 1.29 is 4.79 Å². The number of amides is 1. The first kappa shape index (κ1) is 16.6. The third kappa shape index (κ3) is 3.48. The van der Waals surface area contributed by atoms with Crippen molar-refractivity contribution in [3.8, 4) is 0 Å². The lowest BCUT2D eigenvalue weighted by Gasteiger charge is -2.39. The van der Waals surface area contributed by atoms with E-state index in [1.165, 1.54) is 0 Å². The predicted octanol–water partition coefficient (Wildman–Crippen LogP) is 0.550. The van der Waals surface area contributed by atoms with Gasteiger partial charge in [-0.05, 0) is 33.8 Å². The number of carbonyl (C=O) groups excluding carboxylic acids is 1. The third-order valence-electron chi connectivity index (χ3n) is 4.25. The summed E-state index contributed by atoms with van der Waals surface area (Å²) in [6.45, 7) is 11.4. The fourth-order valence-corrected chi connectivity index (χ4v) is 2.97. The molecule has 1 aliphatic rings. The van der Waals surface area contributed by atoms with Crippen LogP contribution < -0.4 is 10.2 Å². The predicted molar refractivity (Wildman–Crippen MR) is 91.9 cm³/mol. The number of aromatic nitrogens is 4. The summed E-state index contributed by atoms with van der Waals surface area (Å²) < 4.78 is 1.89. The topological polar surface area (TPSA) is 78.7 Å². The van der Waals surface area contributed by atoms with Crippen molar-refractivity contribution in [2.24, 2.45) is 0 Å². The van der Waals surface area contributed by atoms with E-state index in [0.717, 1.165) is 32.0 Å². The molecule has 1 atom stereocenters. The highest BCUT2D eigenvalue weighted by Crippen LogP contribution is 2.17. The number of nitrogens with zero attached hydrogens (tertiary/aromatic N) is 6. The molecule has 0 bridgehead atoms. The van der Waals surface area contributed by atoms with Gasteiger partial charge in [0.05, 0.1) is 6.04 Å². The van der Waals surface area contributed by atoms with E-state index in [2.05, 4.69) is 30.3 Å². The Morgan fingerprint density at radius 3 is 2.62 bits per heavy atom. The van der Waals surface area contributed by atoms with Crippen LogP contribution in [-0.4, -0.2) is 68.1 Å². The molecule has 3 heterocycles. The molecule has 1 fully saturated rings. The Kier molecular flexibility index (Phi) is 4.40. The molecule has 0 aliphatic carbocycles. The normalized spacial score (nSPS) is 17.9. The Bertz CT molecular complexity index is 713. The average Bonchev–Trinajstić information content (AvgIpc) is 3.01. The van der Waals surface area contributed by atoms with Gasteiger partial charge in [0.25, 0.3) is 5.78 Å². The van der Waals surface area contributed by atoms with Crippen LogP contribution in [0.4, 0.5) is 5.82 Å². The largest absolute Gasteiger partial charge is 0.355 e. The Balaban J connectivity index is 1.63. The molecule has 0 saturated carbocycles. The van der Waals surface area contributed by atoms with E-state index in [9.17, 15) is 4.79 Å². The molecule has 8 heteroatoms. The summed E-state index contributed by atoms with van der Waals surface area (Å²) in [5, 5.41) is 11.0. The summed E-state index contributed by atoms with van der Waals surface area (Å²) in [5.41, 5.74) is -0.204. The quantitative estimate of drug-likeness (QED) is 0.885. The number of fused-ring (bicyclic) bond motifs is 1. The molecule has 24 heavy (non-hydrogen) atoms. The summed E-state index contributed by atoms with van der Waals surface area (Å²) in [7, 11) is 0. The average molecular weight is 331 g/mol. The smallest absolute Gasteiger partial charge is 0.256 e. The SMILES string of the molecule is C[C@@H](C(=O)NC(C)(C)C)N1CCN(c2ccnc3nncn23)CC1. The number of carbonyl (C=O) groups is 1. The van der Waals surface area contributed by atoms with Crippen molar-refractivity contribution in [1.29, 1.82) is 0 Å². The summed E-state index contributed by atoms with van der Waals surface area (Å²) in [5.74, 6) is 1.73. The maximum Gasteiger partial charge on any atom is 0.256 e. The van der Waals surface area contributed by atoms with E-state index in [4.69, 9.17) is 0 Å². The van der Waals surface area contributed by atoms with Crippen LogP contribution in [0.25, 0.3) is 5.78 Å². The van der Waals surface area contributed by atoms with Crippen LogP contribution >= 0.6 is 0 Å². The van der Waals surface area contributed by atoms with Crippen molar-refractivity contribution in [3.63, 3.8) is 0 Å². The van der Waals surface area contributed by atoms with E-state index in [1.54, 1.807) is 12.5 Å². The molecule has 8 nitrogen and oxygen atoms in total. The fourth-order valence-electron chi connectivity index (χ4n) is 2.97. The first-order chi connectivity index (χ1) is 11.3. The molecule has 2 aromatic rings. The summed E-state index contributed by atoms with van der Waals surface area (Å²) in [4.78, 5) is 21.1. The molecule has 2 aromatic heterocycles. The highest BCUT2D eigenvalue weighted by atomic mass is 16.2. The fraction of sp³-hybridized carbons (Fsp3) is 0.625. The molecular weight excluding hydrogens is 306 g/mol. The van der Waals surface area contributed by atoms with E-state index >= 15 is 0 Å². The molecule has 130 valence electrons. The lowest BCUT2D eigenvalue weighted by atomic mass is 10.1. The van der Waals surface area contributed by atoms with Crippen LogP contribution in [0.1, 0.15) is 27.7 Å². The van der Waals surface area contributed by atoms with Gasteiger partial charge in [-0.1, -0.05) is 0 Å². The monoisotopic (exact) mass is 331 g/mol. The second-order valence-corrected chi connectivity index (χ2v) is 7.24. The van der Waals surface area contributed by atoms with Crippen molar-refractivity contribution in [2.45, 2.75) is 39.3 Å². The van der Waals surface area contributed by atoms with E-state index < -0.39 is 0 Å². The Morgan fingerprint density at radius 1 is 1.25 bits per heavy atom. The highest BCUT2D eigenvalue weighted by molar-refractivity contribution is 5.82. The second kappa shape index (κ2) is 6.35. The zero-order chi connectivity index (χ0) is 17.3. The summed E-state index contributed by atoms with van der Waals surface area (Å²) >= 11 is 0. The van der Waals surface area contributed by atoms with Gasteiger partial charge in [0.2, 0.25) is 5.91 Å². The van der Waals surface area contributed by atoms with Crippen molar-refractivity contribution in [1.82, 2.24) is 29.8 Å². The zero-order valence-electron chi connectivity index (χ0n) is 14.7. The first-order valence-corrected chi connectivity index (χ1v) is 8.31. The minimum Gasteiger partial charge on any atom is -0.355 e. The molecule has 3 rings (SSSR count). The van der Waals surface area contributed by atoms with Crippen molar-refractivity contribution in [2.75, 3.05) is 31.1 Å². The minimum atomic E-state index is -0.204. The number of hydrogen-bond acceptors (Lipinski definition) is 6. The van der Waals surface area contributed by atoms with Crippen molar-refractivity contribution >= 4 is 17.5 Å². The summed E-state index contributed by atoms with van der Waals surface area (Å²) in [6.07, 6.45) is 3.44. The molecule has 0 unspecified atom stereocenters. The molecule has 1 N–H and O–H groups in total. The van der Waals surface area contributed by atoms with Crippen LogP contribution in [0.2, 0.25) is 0 Å². The van der Waals surface area contributed by atoms with E-state index in [1.807, 2.05) is 38.2 Å². The maximum absolute atomic E-state index is 12.4. The number of hydrogen-bond donors (Lipinski definition) is 1. The standard InChI is InChI=1S/C16H25N7O/c1-12(14(24)19-16(2,3)4)21-7-9-22(10-8-21)13-5-6-17-15-20-18-11-23(13)15/h5-6,11-12H,7-10H2,1-4H3,(H,19,24)/t12-/m0/s1. The van der Waals surface area contributed by atoms with Gasteiger partial charge in [0, 0.05) is 37.9 Å². The molecule has 0 aromatic carbocycles. The van der Waals surface area contributed by atoms with Crippen LogP contribution in [0.3, 0.4) is 0 Å².